The van der Waals surface area contributed by atoms with E-state index in [9.17, 15) is 0 Å². The van der Waals surface area contributed by atoms with Crippen LogP contribution in [0, 0.1) is 0 Å². The molecule has 1 unspecified atom stereocenters. The number of nitrogens with zero attached hydrogens (tertiary/aromatic N) is 4. The highest BCUT2D eigenvalue weighted by atomic mass is 15.1. The highest BCUT2D eigenvalue weighted by Gasteiger charge is 2.16. The van der Waals surface area contributed by atoms with E-state index in [1.165, 1.54) is 5.52 Å². The highest BCUT2D eigenvalue weighted by Crippen LogP contribution is 2.21. The molecule has 2 aromatic carbocycles. The van der Waals surface area contributed by atoms with Gasteiger partial charge < -0.3 is 14.5 Å². The molecule has 0 radical (unpaired) electrons. The fourth-order valence-electron chi connectivity index (χ4n) is 3.45. The third kappa shape index (κ3) is 2.70. The van der Waals surface area contributed by atoms with Crippen molar-refractivity contribution in [1.29, 1.82) is 0 Å². The number of aromatic nitrogens is 4. The fourth-order valence-corrected chi connectivity index (χ4v) is 3.45. The lowest BCUT2D eigenvalue weighted by Crippen LogP contribution is -2.23. The topological polar surface area (TPSA) is 47.7 Å². The van der Waals surface area contributed by atoms with E-state index in [4.69, 9.17) is 9.97 Å². The number of benzene rings is 2. The zero-order valence-electron chi connectivity index (χ0n) is 14.9. The van der Waals surface area contributed by atoms with Crippen LogP contribution in [0.1, 0.15) is 31.5 Å². The summed E-state index contributed by atoms with van der Waals surface area (Å²) >= 11 is 0. The number of hydrogen-bond acceptors (Lipinski definition) is 3. The summed E-state index contributed by atoms with van der Waals surface area (Å²) in [5.74, 6) is 2.11. The molecule has 0 bridgehead atoms. The Hall–Kier alpha value is -2.66. The lowest BCUT2D eigenvalue weighted by molar-refractivity contribution is 0.507. The molecule has 25 heavy (non-hydrogen) atoms. The van der Waals surface area contributed by atoms with Crippen LogP contribution >= 0.6 is 0 Å². The molecule has 0 saturated carbocycles. The maximum Gasteiger partial charge on any atom is 0.126 e. The van der Waals surface area contributed by atoms with Gasteiger partial charge in [-0.1, -0.05) is 24.3 Å². The molecule has 5 nitrogen and oxygen atoms in total. The number of nitrogens with one attached hydrogen (secondary N) is 1. The molecule has 0 aliphatic heterocycles. The number of para-hydroxylation sites is 4. The van der Waals surface area contributed by atoms with Crippen LogP contribution in [0.25, 0.3) is 22.1 Å². The lowest BCUT2D eigenvalue weighted by Gasteiger charge is -2.15. The van der Waals surface area contributed by atoms with Crippen LogP contribution in [0.4, 0.5) is 0 Å². The molecule has 0 spiro atoms. The standard InChI is InChI=1S/C20H23N5/c1-4-25-18-12-8-6-10-16(18)23-20(25)14(2)21-13-19-22-15-9-5-7-11-17(15)24(19)3/h5-12,14,21H,4,13H2,1-3H3. The Kier molecular flexibility index (Phi) is 4.01. The lowest BCUT2D eigenvalue weighted by atomic mass is 10.3. The number of hydrogen-bond donors (Lipinski definition) is 1. The van der Waals surface area contributed by atoms with Crippen molar-refractivity contribution in [2.75, 3.05) is 0 Å². The Balaban J connectivity index is 1.59. The monoisotopic (exact) mass is 333 g/mol. The van der Waals surface area contributed by atoms with Crippen molar-refractivity contribution >= 4 is 22.1 Å². The van der Waals surface area contributed by atoms with Gasteiger partial charge >= 0.3 is 0 Å². The molecule has 0 aliphatic rings. The van der Waals surface area contributed by atoms with Crippen LogP contribution in [0.3, 0.4) is 0 Å². The summed E-state index contributed by atoms with van der Waals surface area (Å²) < 4.78 is 4.43. The molecule has 2 aromatic heterocycles. The molecule has 0 saturated heterocycles. The SMILES string of the molecule is CCn1c(C(C)NCc2nc3ccccc3n2C)nc2ccccc21. The van der Waals surface area contributed by atoms with E-state index < -0.39 is 0 Å². The van der Waals surface area contributed by atoms with Crippen molar-refractivity contribution in [1.82, 2.24) is 24.4 Å². The molecule has 0 fully saturated rings. The maximum atomic E-state index is 4.83. The number of imidazole rings is 2. The third-order valence-corrected chi connectivity index (χ3v) is 4.83. The van der Waals surface area contributed by atoms with Crippen molar-refractivity contribution < 1.29 is 0 Å². The number of rotatable bonds is 5. The summed E-state index contributed by atoms with van der Waals surface area (Å²) in [6, 6.07) is 16.7. The largest absolute Gasteiger partial charge is 0.330 e. The first-order chi connectivity index (χ1) is 12.2. The molecule has 1 N–H and O–H groups in total. The quantitative estimate of drug-likeness (QED) is 0.604. The summed E-state index contributed by atoms with van der Waals surface area (Å²) in [6.07, 6.45) is 0. The van der Waals surface area contributed by atoms with Gasteiger partial charge in [-0.05, 0) is 38.1 Å². The molecule has 0 amide bonds. The van der Waals surface area contributed by atoms with Crippen LogP contribution < -0.4 is 5.32 Å². The van der Waals surface area contributed by atoms with Crippen LogP contribution in [-0.2, 0) is 20.1 Å². The zero-order valence-corrected chi connectivity index (χ0v) is 14.9. The van der Waals surface area contributed by atoms with Gasteiger partial charge in [0.05, 0.1) is 34.7 Å². The van der Waals surface area contributed by atoms with E-state index in [2.05, 4.69) is 65.7 Å². The van der Waals surface area contributed by atoms with E-state index in [0.29, 0.717) is 6.54 Å². The van der Waals surface area contributed by atoms with Crippen LogP contribution in [0.2, 0.25) is 0 Å². The summed E-state index contributed by atoms with van der Waals surface area (Å²) in [7, 11) is 2.07. The van der Waals surface area contributed by atoms with E-state index in [-0.39, 0.29) is 6.04 Å². The van der Waals surface area contributed by atoms with Crippen LogP contribution in [-0.4, -0.2) is 19.1 Å². The summed E-state index contributed by atoms with van der Waals surface area (Å²) in [6.45, 7) is 5.94. The summed E-state index contributed by atoms with van der Waals surface area (Å²) in [5, 5.41) is 3.59. The van der Waals surface area contributed by atoms with Crippen LogP contribution in [0.5, 0.6) is 0 Å². The molecule has 2 heterocycles. The third-order valence-electron chi connectivity index (χ3n) is 4.83. The molecule has 4 rings (SSSR count). The Morgan fingerprint density at radius 1 is 0.960 bits per heavy atom. The molecule has 0 aliphatic carbocycles. The molecule has 128 valence electrons. The zero-order chi connectivity index (χ0) is 17.4. The number of aryl methyl sites for hydroxylation is 2. The first-order valence-corrected chi connectivity index (χ1v) is 8.78. The van der Waals surface area contributed by atoms with E-state index in [0.717, 1.165) is 34.7 Å². The highest BCUT2D eigenvalue weighted by molar-refractivity contribution is 5.76. The van der Waals surface area contributed by atoms with E-state index in [1.54, 1.807) is 0 Å². The molecule has 5 heteroatoms. The average Bonchev–Trinajstić information content (AvgIpc) is 3.18. The van der Waals surface area contributed by atoms with Crippen molar-refractivity contribution in [3.8, 4) is 0 Å². The van der Waals surface area contributed by atoms with E-state index in [1.807, 2.05) is 18.2 Å². The van der Waals surface area contributed by atoms with Gasteiger partial charge in [0.15, 0.2) is 0 Å². The van der Waals surface area contributed by atoms with Gasteiger partial charge in [-0.15, -0.1) is 0 Å². The second-order valence-corrected chi connectivity index (χ2v) is 6.38. The Labute approximate surface area is 147 Å². The van der Waals surface area contributed by atoms with Crippen molar-refractivity contribution in [3.63, 3.8) is 0 Å². The molecule has 4 aromatic rings. The summed E-state index contributed by atoms with van der Waals surface area (Å²) in [4.78, 5) is 9.57. The van der Waals surface area contributed by atoms with Gasteiger partial charge in [0.2, 0.25) is 0 Å². The van der Waals surface area contributed by atoms with Gasteiger partial charge in [0.25, 0.3) is 0 Å². The first-order valence-electron chi connectivity index (χ1n) is 8.78. The fraction of sp³-hybridized carbons (Fsp3) is 0.300. The minimum Gasteiger partial charge on any atom is -0.330 e. The van der Waals surface area contributed by atoms with Crippen molar-refractivity contribution in [3.05, 3.63) is 60.2 Å². The molecular weight excluding hydrogens is 310 g/mol. The molecular formula is C20H23N5. The minimum atomic E-state index is 0.146. The Morgan fingerprint density at radius 2 is 1.60 bits per heavy atom. The molecule has 1 atom stereocenters. The average molecular weight is 333 g/mol. The van der Waals surface area contributed by atoms with Gasteiger partial charge in [-0.25, -0.2) is 9.97 Å². The van der Waals surface area contributed by atoms with E-state index >= 15 is 0 Å². The van der Waals surface area contributed by atoms with Gasteiger partial charge in [-0.3, -0.25) is 0 Å². The second-order valence-electron chi connectivity index (χ2n) is 6.38. The van der Waals surface area contributed by atoms with Gasteiger partial charge in [0.1, 0.15) is 11.6 Å². The minimum absolute atomic E-state index is 0.146. The first kappa shape index (κ1) is 15.8. The van der Waals surface area contributed by atoms with Crippen LogP contribution in [0.15, 0.2) is 48.5 Å². The second kappa shape index (κ2) is 6.33. The predicted octanol–water partition coefficient (Wildman–Crippen LogP) is 3.79. The maximum absolute atomic E-state index is 4.83. The van der Waals surface area contributed by atoms with Gasteiger partial charge in [-0.2, -0.15) is 0 Å². The smallest absolute Gasteiger partial charge is 0.126 e. The van der Waals surface area contributed by atoms with Gasteiger partial charge in [0, 0.05) is 13.6 Å². The number of fused-ring (bicyclic) bond motifs is 2. The van der Waals surface area contributed by atoms with Crippen molar-refractivity contribution in [2.45, 2.75) is 33.0 Å². The van der Waals surface area contributed by atoms with Crippen molar-refractivity contribution in [2.24, 2.45) is 7.05 Å². The predicted molar refractivity (Wildman–Crippen MR) is 101 cm³/mol. The Morgan fingerprint density at radius 3 is 2.28 bits per heavy atom. The summed E-state index contributed by atoms with van der Waals surface area (Å²) in [5.41, 5.74) is 4.44. The normalized spacial score (nSPS) is 12.9. The Bertz CT molecular complexity index is 1030.